The second-order valence-corrected chi connectivity index (χ2v) is 7.55. The van der Waals surface area contributed by atoms with Gasteiger partial charge in [0.15, 0.2) is 0 Å². The van der Waals surface area contributed by atoms with Gasteiger partial charge in [0.05, 0.1) is 4.88 Å². The highest BCUT2D eigenvalue weighted by atomic mass is 32.1. The third-order valence-corrected chi connectivity index (χ3v) is 5.61. The minimum absolute atomic E-state index is 0.116. The van der Waals surface area contributed by atoms with Gasteiger partial charge in [-0.25, -0.2) is 0 Å². The Labute approximate surface area is 146 Å². The van der Waals surface area contributed by atoms with Crippen molar-refractivity contribution in [2.45, 2.75) is 32.6 Å². The highest BCUT2D eigenvalue weighted by Gasteiger charge is 2.25. The molecule has 1 aliphatic rings. The monoisotopic (exact) mass is 344 g/mol. The van der Waals surface area contributed by atoms with Gasteiger partial charge in [-0.2, -0.15) is 0 Å². The van der Waals surface area contributed by atoms with Crippen LogP contribution >= 0.6 is 11.3 Å². The normalized spacial score (nSPS) is 17.9. The summed E-state index contributed by atoms with van der Waals surface area (Å²) in [6.07, 6.45) is 3.53. The van der Waals surface area contributed by atoms with Crippen LogP contribution in [0.3, 0.4) is 0 Å². The summed E-state index contributed by atoms with van der Waals surface area (Å²) in [6, 6.07) is 10.1. The van der Waals surface area contributed by atoms with Gasteiger partial charge in [0.1, 0.15) is 0 Å². The molecule has 1 aromatic heterocycles. The third-order valence-electron chi connectivity index (χ3n) is 4.51. The first-order valence-electron chi connectivity index (χ1n) is 8.72. The van der Waals surface area contributed by atoms with Crippen LogP contribution in [0.4, 0.5) is 0 Å². The average molecular weight is 344 g/mol. The number of carbonyl (C=O) groups excluding carboxylic acids is 2. The number of carbonyl (C=O) groups is 2. The van der Waals surface area contributed by atoms with E-state index in [0.29, 0.717) is 18.9 Å². The van der Waals surface area contributed by atoms with Crippen LogP contribution in [0.1, 0.15) is 42.3 Å². The number of hydrogen-bond donors (Lipinski definition) is 1. The van der Waals surface area contributed by atoms with Gasteiger partial charge in [0.25, 0.3) is 5.91 Å². The van der Waals surface area contributed by atoms with Crippen molar-refractivity contribution in [2.75, 3.05) is 19.6 Å². The zero-order valence-corrected chi connectivity index (χ0v) is 14.9. The molecule has 1 N–H and O–H groups in total. The molecule has 5 heteroatoms. The predicted octanol–water partition coefficient (Wildman–Crippen LogP) is 3.67. The number of thiophene rings is 1. The summed E-state index contributed by atoms with van der Waals surface area (Å²) >= 11 is 1.56. The zero-order chi connectivity index (χ0) is 16.9. The summed E-state index contributed by atoms with van der Waals surface area (Å²) in [6.45, 7) is 4.23. The van der Waals surface area contributed by atoms with E-state index in [1.807, 2.05) is 36.1 Å². The summed E-state index contributed by atoms with van der Waals surface area (Å²) in [7, 11) is 0. The molecule has 0 bridgehead atoms. The maximum atomic E-state index is 12.8. The number of likely N-dealkylation sites (tertiary alicyclic amines) is 1. The molecule has 1 aliphatic heterocycles. The molecule has 24 heavy (non-hydrogen) atoms. The molecule has 1 atom stereocenters. The Bertz CT molecular complexity index is 692. The van der Waals surface area contributed by atoms with Crippen LogP contribution in [0.25, 0.3) is 10.1 Å². The molecule has 2 amide bonds. The lowest BCUT2D eigenvalue weighted by Gasteiger charge is -2.32. The standard InChI is InChI=1S/C19H24N2O2S/c1-2-6-18(22)20-12-14-7-5-10-21(13-14)19(23)17-11-15-8-3-4-9-16(15)24-17/h3-4,8-9,11,14H,2,5-7,10,12-13H2,1H3,(H,20,22)/t14-/m1/s1. The third kappa shape index (κ3) is 3.96. The lowest BCUT2D eigenvalue weighted by Crippen LogP contribution is -2.43. The van der Waals surface area contributed by atoms with E-state index in [0.717, 1.165) is 47.3 Å². The first-order chi connectivity index (χ1) is 11.7. The van der Waals surface area contributed by atoms with Gasteiger partial charge in [-0.15, -0.1) is 11.3 Å². The van der Waals surface area contributed by atoms with Gasteiger partial charge >= 0.3 is 0 Å². The van der Waals surface area contributed by atoms with Crippen LogP contribution in [0.15, 0.2) is 30.3 Å². The number of hydrogen-bond acceptors (Lipinski definition) is 3. The first-order valence-corrected chi connectivity index (χ1v) is 9.53. The number of fused-ring (bicyclic) bond motifs is 1. The summed E-state index contributed by atoms with van der Waals surface area (Å²) in [5, 5.41) is 4.13. The van der Waals surface area contributed by atoms with Crippen LogP contribution < -0.4 is 5.32 Å². The molecule has 4 nitrogen and oxygen atoms in total. The quantitative estimate of drug-likeness (QED) is 0.900. The lowest BCUT2D eigenvalue weighted by atomic mass is 9.97. The Morgan fingerprint density at radius 2 is 2.17 bits per heavy atom. The number of amides is 2. The molecule has 1 saturated heterocycles. The van der Waals surface area contributed by atoms with E-state index >= 15 is 0 Å². The van der Waals surface area contributed by atoms with Gasteiger partial charge < -0.3 is 10.2 Å². The maximum absolute atomic E-state index is 12.8. The SMILES string of the molecule is CCCC(=O)NC[C@H]1CCCN(C(=O)c2cc3ccccc3s2)C1. The molecule has 0 unspecified atom stereocenters. The summed E-state index contributed by atoms with van der Waals surface area (Å²) < 4.78 is 1.15. The fourth-order valence-corrected chi connectivity index (χ4v) is 4.26. The molecule has 3 rings (SSSR count). The largest absolute Gasteiger partial charge is 0.356 e. The average Bonchev–Trinajstić information content (AvgIpc) is 3.04. The Morgan fingerprint density at radius 1 is 1.33 bits per heavy atom. The van der Waals surface area contributed by atoms with E-state index in [9.17, 15) is 9.59 Å². The molecule has 2 heterocycles. The Hall–Kier alpha value is -1.88. The van der Waals surface area contributed by atoms with Crippen molar-refractivity contribution in [3.05, 3.63) is 35.2 Å². The first kappa shape index (κ1) is 17.0. The molecule has 0 saturated carbocycles. The number of nitrogens with zero attached hydrogens (tertiary/aromatic N) is 1. The minimum atomic E-state index is 0.116. The fraction of sp³-hybridized carbons (Fsp3) is 0.474. The molecule has 0 aliphatic carbocycles. The smallest absolute Gasteiger partial charge is 0.263 e. The minimum Gasteiger partial charge on any atom is -0.356 e. The van der Waals surface area contributed by atoms with Gasteiger partial charge in [-0.05, 0) is 42.7 Å². The molecular weight excluding hydrogens is 320 g/mol. The van der Waals surface area contributed by atoms with Crippen molar-refractivity contribution in [2.24, 2.45) is 5.92 Å². The molecule has 1 fully saturated rings. The van der Waals surface area contributed by atoms with Crippen molar-refractivity contribution in [1.82, 2.24) is 10.2 Å². The van der Waals surface area contributed by atoms with Crippen LogP contribution in [0.5, 0.6) is 0 Å². The summed E-state index contributed by atoms with van der Waals surface area (Å²) in [5.74, 6) is 0.601. The summed E-state index contributed by atoms with van der Waals surface area (Å²) in [5.41, 5.74) is 0. The molecule has 0 radical (unpaired) electrons. The van der Waals surface area contributed by atoms with Crippen LogP contribution in [-0.2, 0) is 4.79 Å². The topological polar surface area (TPSA) is 49.4 Å². The van der Waals surface area contributed by atoms with Crippen molar-refractivity contribution in [3.8, 4) is 0 Å². The molecular formula is C19H24N2O2S. The van der Waals surface area contributed by atoms with E-state index in [1.54, 1.807) is 11.3 Å². The van der Waals surface area contributed by atoms with Crippen molar-refractivity contribution in [3.63, 3.8) is 0 Å². The molecule has 128 valence electrons. The molecule has 0 spiro atoms. The van der Waals surface area contributed by atoms with Crippen LogP contribution in [-0.4, -0.2) is 36.3 Å². The van der Waals surface area contributed by atoms with Crippen molar-refractivity contribution >= 4 is 33.2 Å². The van der Waals surface area contributed by atoms with Crippen LogP contribution in [0.2, 0.25) is 0 Å². The highest BCUT2D eigenvalue weighted by molar-refractivity contribution is 7.20. The Balaban J connectivity index is 1.61. The van der Waals surface area contributed by atoms with E-state index in [-0.39, 0.29) is 11.8 Å². The number of benzene rings is 1. The van der Waals surface area contributed by atoms with E-state index in [1.165, 1.54) is 0 Å². The second-order valence-electron chi connectivity index (χ2n) is 6.46. The van der Waals surface area contributed by atoms with Crippen molar-refractivity contribution in [1.29, 1.82) is 0 Å². The maximum Gasteiger partial charge on any atom is 0.263 e. The molecule has 1 aromatic carbocycles. The lowest BCUT2D eigenvalue weighted by molar-refractivity contribution is -0.121. The van der Waals surface area contributed by atoms with Gasteiger partial charge in [-0.3, -0.25) is 9.59 Å². The van der Waals surface area contributed by atoms with Gasteiger partial charge in [0, 0.05) is 30.8 Å². The zero-order valence-electron chi connectivity index (χ0n) is 14.1. The van der Waals surface area contributed by atoms with Crippen molar-refractivity contribution < 1.29 is 9.59 Å². The Kier molecular flexibility index (Phi) is 5.51. The highest BCUT2D eigenvalue weighted by Crippen LogP contribution is 2.27. The fourth-order valence-electron chi connectivity index (χ4n) is 3.23. The number of rotatable bonds is 5. The molecule has 2 aromatic rings. The predicted molar refractivity (Wildman–Crippen MR) is 98.4 cm³/mol. The number of piperidine rings is 1. The van der Waals surface area contributed by atoms with Gasteiger partial charge in [-0.1, -0.05) is 25.1 Å². The Morgan fingerprint density at radius 3 is 2.96 bits per heavy atom. The second kappa shape index (κ2) is 7.79. The van der Waals surface area contributed by atoms with E-state index < -0.39 is 0 Å². The van der Waals surface area contributed by atoms with E-state index in [2.05, 4.69) is 11.4 Å². The summed E-state index contributed by atoms with van der Waals surface area (Å²) in [4.78, 5) is 27.2. The number of nitrogens with one attached hydrogen (secondary N) is 1. The van der Waals surface area contributed by atoms with Crippen LogP contribution in [0, 0.1) is 5.92 Å². The van der Waals surface area contributed by atoms with E-state index in [4.69, 9.17) is 0 Å². The van der Waals surface area contributed by atoms with Gasteiger partial charge in [0.2, 0.25) is 5.91 Å².